The molecule has 2 aromatic rings. The third-order valence-electron chi connectivity index (χ3n) is 2.85. The van der Waals surface area contributed by atoms with Crippen molar-refractivity contribution < 1.29 is 4.39 Å². The Morgan fingerprint density at radius 3 is 2.80 bits per heavy atom. The first-order valence-electron chi connectivity index (χ1n) is 6.78. The van der Waals surface area contributed by atoms with Gasteiger partial charge in [-0.3, -0.25) is 0 Å². The highest BCUT2D eigenvalue weighted by Crippen LogP contribution is 2.20. The predicted octanol–water partition coefficient (Wildman–Crippen LogP) is 3.99. The molecule has 0 amide bonds. The SMILES string of the molecule is CCCNC(CSc1ccc(F)cc1)Cc1nccs1. The second kappa shape index (κ2) is 8.39. The zero-order valence-corrected chi connectivity index (χ0v) is 13.1. The second-order valence-corrected chi connectivity index (χ2v) is 6.62. The normalized spacial score (nSPS) is 12.5. The number of aromatic nitrogens is 1. The Morgan fingerprint density at radius 2 is 2.15 bits per heavy atom. The first-order chi connectivity index (χ1) is 9.78. The Hall–Kier alpha value is -0.910. The van der Waals surface area contributed by atoms with Gasteiger partial charge in [0.1, 0.15) is 5.82 Å². The summed E-state index contributed by atoms with van der Waals surface area (Å²) in [6, 6.07) is 7.09. The van der Waals surface area contributed by atoms with E-state index in [1.165, 1.54) is 17.1 Å². The van der Waals surface area contributed by atoms with Crippen LogP contribution in [0.25, 0.3) is 0 Å². The summed E-state index contributed by atoms with van der Waals surface area (Å²) in [6.07, 6.45) is 3.92. The molecule has 0 aliphatic heterocycles. The van der Waals surface area contributed by atoms with E-state index >= 15 is 0 Å². The van der Waals surface area contributed by atoms with Crippen LogP contribution in [0.1, 0.15) is 18.4 Å². The van der Waals surface area contributed by atoms with E-state index in [-0.39, 0.29) is 5.82 Å². The zero-order valence-electron chi connectivity index (χ0n) is 11.5. The van der Waals surface area contributed by atoms with Gasteiger partial charge < -0.3 is 5.32 Å². The molecule has 1 N–H and O–H groups in total. The summed E-state index contributed by atoms with van der Waals surface area (Å²) in [5, 5.41) is 6.74. The van der Waals surface area contributed by atoms with Gasteiger partial charge in [0, 0.05) is 34.7 Å². The quantitative estimate of drug-likeness (QED) is 0.746. The summed E-state index contributed by atoms with van der Waals surface area (Å²) in [7, 11) is 0. The molecule has 108 valence electrons. The van der Waals surface area contributed by atoms with Gasteiger partial charge in [0.05, 0.1) is 5.01 Å². The van der Waals surface area contributed by atoms with Crippen molar-refractivity contribution in [2.45, 2.75) is 30.7 Å². The van der Waals surface area contributed by atoms with E-state index in [1.807, 2.05) is 23.7 Å². The van der Waals surface area contributed by atoms with E-state index in [9.17, 15) is 4.39 Å². The van der Waals surface area contributed by atoms with E-state index in [0.29, 0.717) is 6.04 Å². The number of nitrogens with one attached hydrogen (secondary N) is 1. The van der Waals surface area contributed by atoms with Crippen molar-refractivity contribution in [1.29, 1.82) is 0 Å². The molecule has 0 saturated carbocycles. The minimum atomic E-state index is -0.183. The molecule has 20 heavy (non-hydrogen) atoms. The average molecular weight is 310 g/mol. The predicted molar refractivity (Wildman–Crippen MR) is 85.0 cm³/mol. The number of rotatable bonds is 8. The smallest absolute Gasteiger partial charge is 0.123 e. The first kappa shape index (κ1) is 15.5. The Bertz CT molecular complexity index is 485. The fourth-order valence-corrected chi connectivity index (χ4v) is 3.49. The van der Waals surface area contributed by atoms with Crippen LogP contribution in [0.2, 0.25) is 0 Å². The molecule has 1 aromatic carbocycles. The van der Waals surface area contributed by atoms with Crippen molar-refractivity contribution in [2.24, 2.45) is 0 Å². The number of nitrogens with zero attached hydrogens (tertiary/aromatic N) is 1. The van der Waals surface area contributed by atoms with Gasteiger partial charge in [-0.2, -0.15) is 0 Å². The van der Waals surface area contributed by atoms with E-state index in [0.717, 1.165) is 30.0 Å². The molecule has 0 aliphatic rings. The van der Waals surface area contributed by atoms with E-state index in [4.69, 9.17) is 0 Å². The summed E-state index contributed by atoms with van der Waals surface area (Å²) in [5.41, 5.74) is 0. The lowest BCUT2D eigenvalue weighted by atomic mass is 10.2. The van der Waals surface area contributed by atoms with Crippen LogP contribution in [-0.2, 0) is 6.42 Å². The van der Waals surface area contributed by atoms with Gasteiger partial charge in [0.25, 0.3) is 0 Å². The van der Waals surface area contributed by atoms with Crippen LogP contribution in [0.15, 0.2) is 40.7 Å². The van der Waals surface area contributed by atoms with Crippen molar-refractivity contribution in [1.82, 2.24) is 10.3 Å². The minimum absolute atomic E-state index is 0.183. The highest BCUT2D eigenvalue weighted by atomic mass is 32.2. The summed E-state index contributed by atoms with van der Waals surface area (Å²) < 4.78 is 12.9. The molecular weight excluding hydrogens is 291 g/mol. The largest absolute Gasteiger partial charge is 0.313 e. The summed E-state index contributed by atoms with van der Waals surface area (Å²) in [4.78, 5) is 5.46. The van der Waals surface area contributed by atoms with Crippen molar-refractivity contribution in [2.75, 3.05) is 12.3 Å². The Kier molecular flexibility index (Phi) is 6.50. The van der Waals surface area contributed by atoms with Crippen LogP contribution in [0.4, 0.5) is 4.39 Å². The van der Waals surface area contributed by atoms with Crippen molar-refractivity contribution >= 4 is 23.1 Å². The van der Waals surface area contributed by atoms with E-state index in [1.54, 1.807) is 23.1 Å². The number of thioether (sulfide) groups is 1. The molecule has 0 aliphatic carbocycles. The van der Waals surface area contributed by atoms with Crippen LogP contribution in [0.3, 0.4) is 0 Å². The number of hydrogen-bond donors (Lipinski definition) is 1. The highest BCUT2D eigenvalue weighted by Gasteiger charge is 2.11. The van der Waals surface area contributed by atoms with Gasteiger partial charge in [-0.25, -0.2) is 9.37 Å². The molecule has 1 aromatic heterocycles. The molecule has 0 spiro atoms. The van der Waals surface area contributed by atoms with E-state index < -0.39 is 0 Å². The summed E-state index contributed by atoms with van der Waals surface area (Å²) in [6.45, 7) is 3.18. The lowest BCUT2D eigenvalue weighted by Crippen LogP contribution is -2.34. The third-order valence-corrected chi connectivity index (χ3v) is 4.83. The standard InChI is InChI=1S/C15H19FN2S2/c1-2-7-17-13(10-15-18-8-9-19-15)11-20-14-5-3-12(16)4-6-14/h3-6,8-9,13,17H,2,7,10-11H2,1H3. The molecule has 2 rings (SSSR count). The number of halogens is 1. The fourth-order valence-electron chi connectivity index (χ4n) is 1.83. The minimum Gasteiger partial charge on any atom is -0.313 e. The van der Waals surface area contributed by atoms with Gasteiger partial charge in [0.15, 0.2) is 0 Å². The number of benzene rings is 1. The van der Waals surface area contributed by atoms with Crippen molar-refractivity contribution in [3.63, 3.8) is 0 Å². The van der Waals surface area contributed by atoms with Crippen LogP contribution in [0, 0.1) is 5.82 Å². The Morgan fingerprint density at radius 1 is 1.35 bits per heavy atom. The maximum absolute atomic E-state index is 12.9. The maximum Gasteiger partial charge on any atom is 0.123 e. The molecule has 5 heteroatoms. The Balaban J connectivity index is 1.87. The fraction of sp³-hybridized carbons (Fsp3) is 0.400. The lowest BCUT2D eigenvalue weighted by Gasteiger charge is -2.17. The first-order valence-corrected chi connectivity index (χ1v) is 8.64. The van der Waals surface area contributed by atoms with Crippen LogP contribution < -0.4 is 5.32 Å². The average Bonchev–Trinajstić information content (AvgIpc) is 2.96. The van der Waals surface area contributed by atoms with Crippen LogP contribution in [0.5, 0.6) is 0 Å². The van der Waals surface area contributed by atoms with Gasteiger partial charge in [0.2, 0.25) is 0 Å². The topological polar surface area (TPSA) is 24.9 Å². The molecule has 1 unspecified atom stereocenters. The van der Waals surface area contributed by atoms with Gasteiger partial charge in [-0.05, 0) is 37.2 Å². The summed E-state index contributed by atoms with van der Waals surface area (Å²) in [5.74, 6) is 0.781. The molecule has 0 bridgehead atoms. The number of hydrogen-bond acceptors (Lipinski definition) is 4. The molecule has 0 fully saturated rings. The molecular formula is C15H19FN2S2. The van der Waals surface area contributed by atoms with Gasteiger partial charge in [-0.15, -0.1) is 23.1 Å². The zero-order chi connectivity index (χ0) is 14.2. The molecule has 0 radical (unpaired) electrons. The highest BCUT2D eigenvalue weighted by molar-refractivity contribution is 7.99. The second-order valence-electron chi connectivity index (χ2n) is 4.55. The molecule has 1 heterocycles. The maximum atomic E-state index is 12.9. The summed E-state index contributed by atoms with van der Waals surface area (Å²) >= 11 is 3.46. The molecule has 0 saturated heterocycles. The van der Waals surface area contributed by atoms with E-state index in [2.05, 4.69) is 17.2 Å². The van der Waals surface area contributed by atoms with Gasteiger partial charge >= 0.3 is 0 Å². The van der Waals surface area contributed by atoms with Crippen LogP contribution in [-0.4, -0.2) is 23.3 Å². The third kappa shape index (κ3) is 5.23. The van der Waals surface area contributed by atoms with Crippen LogP contribution >= 0.6 is 23.1 Å². The molecule has 2 nitrogen and oxygen atoms in total. The molecule has 1 atom stereocenters. The monoisotopic (exact) mass is 310 g/mol. The lowest BCUT2D eigenvalue weighted by molar-refractivity contribution is 0.549. The number of thiazole rings is 1. The van der Waals surface area contributed by atoms with Crippen molar-refractivity contribution in [3.05, 3.63) is 46.7 Å². The van der Waals surface area contributed by atoms with Gasteiger partial charge in [-0.1, -0.05) is 6.92 Å². The Labute approximate surface area is 127 Å². The van der Waals surface area contributed by atoms with Crippen molar-refractivity contribution in [3.8, 4) is 0 Å².